The highest BCUT2D eigenvalue weighted by Crippen LogP contribution is 2.10. The molecule has 1 aromatic rings. The van der Waals surface area contributed by atoms with Gasteiger partial charge in [-0.25, -0.2) is 0 Å². The third kappa shape index (κ3) is 7.39. The summed E-state index contributed by atoms with van der Waals surface area (Å²) in [5.74, 6) is -0.492. The van der Waals surface area contributed by atoms with Crippen LogP contribution in [0.4, 0.5) is 5.69 Å². The summed E-state index contributed by atoms with van der Waals surface area (Å²) in [7, 11) is 0. The maximum Gasteiger partial charge on any atom is 0.302 e. The van der Waals surface area contributed by atoms with Crippen LogP contribution >= 0.6 is 0 Å². The van der Waals surface area contributed by atoms with Crippen molar-refractivity contribution in [1.82, 2.24) is 0 Å². The largest absolute Gasteiger partial charge is 0.461 e. The van der Waals surface area contributed by atoms with Gasteiger partial charge < -0.3 is 10.1 Å². The molecule has 0 unspecified atom stereocenters. The lowest BCUT2D eigenvalue weighted by atomic mass is 10.2. The zero-order valence-corrected chi connectivity index (χ0v) is 11.0. The molecule has 0 radical (unpaired) electrons. The number of ether oxygens (including phenoxy) is 1. The van der Waals surface area contributed by atoms with Crippen molar-refractivity contribution in [2.24, 2.45) is 0 Å². The topological polar surface area (TPSA) is 38.3 Å². The molecule has 0 aliphatic heterocycles. The number of esters is 1. The van der Waals surface area contributed by atoms with Gasteiger partial charge in [0, 0.05) is 20.5 Å². The molecule has 0 aliphatic carbocycles. The van der Waals surface area contributed by atoms with Gasteiger partial charge in [0.15, 0.2) is 0 Å². The molecule has 0 aromatic heterocycles. The van der Waals surface area contributed by atoms with Crippen LogP contribution in [0.25, 0.3) is 0 Å². The zero-order valence-electron chi connectivity index (χ0n) is 12.0. The van der Waals surface area contributed by atoms with Crippen molar-refractivity contribution in [1.29, 1.82) is 0 Å². The fourth-order valence-corrected chi connectivity index (χ4v) is 1.15. The lowest BCUT2D eigenvalue weighted by Crippen LogP contribution is -2.01. The van der Waals surface area contributed by atoms with E-state index in [9.17, 15) is 4.79 Å². The normalized spacial score (nSPS) is 9.71. The van der Waals surface area contributed by atoms with Crippen molar-refractivity contribution in [2.75, 3.05) is 11.9 Å². The Kier molecular flexibility index (Phi) is 7.73. The Morgan fingerprint density at radius 1 is 1.35 bits per heavy atom. The van der Waals surface area contributed by atoms with Crippen LogP contribution in [0.1, 0.15) is 41.0 Å². The van der Waals surface area contributed by atoms with Crippen LogP contribution in [0.2, 0.25) is 0 Å². The Hall–Kier alpha value is -1.51. The second kappa shape index (κ2) is 9.70. The van der Waals surface area contributed by atoms with Crippen LogP contribution in [0.3, 0.4) is 0 Å². The lowest BCUT2D eigenvalue weighted by molar-refractivity contribution is -0.142. The first-order chi connectivity index (χ1) is 8.76. The zero-order chi connectivity index (χ0) is 13.8. The first-order valence-electron chi connectivity index (χ1n) is 6.74. The summed E-state index contributed by atoms with van der Waals surface area (Å²) < 4.78 is 11.7. The first kappa shape index (κ1) is 13.6. The number of anilines is 1. The third-order valence-corrected chi connectivity index (χ3v) is 1.93. The highest BCUT2D eigenvalue weighted by molar-refractivity contribution is 5.65. The lowest BCUT2D eigenvalue weighted by Gasteiger charge is -2.06. The highest BCUT2D eigenvalue weighted by Gasteiger charge is 1.96. The first-order valence-corrected chi connectivity index (χ1v) is 6.04. The molecule has 0 spiro atoms. The summed E-state index contributed by atoms with van der Waals surface area (Å²) >= 11 is 0. The smallest absolute Gasteiger partial charge is 0.302 e. The van der Waals surface area contributed by atoms with Crippen molar-refractivity contribution < 1.29 is 10.9 Å². The molecular formula is C14H23NO2. The van der Waals surface area contributed by atoms with Gasteiger partial charge in [0.05, 0.1) is 0 Å². The fraction of sp³-hybridized carbons (Fsp3) is 0.500. The number of hydrogen-bond donors (Lipinski definition) is 1. The average Bonchev–Trinajstić information content (AvgIpc) is 2.45. The van der Waals surface area contributed by atoms with Gasteiger partial charge in [0.1, 0.15) is 6.61 Å². The molecule has 0 aliphatic rings. The highest BCUT2D eigenvalue weighted by atomic mass is 16.5. The Labute approximate surface area is 106 Å². The Morgan fingerprint density at radius 3 is 2.53 bits per heavy atom. The molecule has 17 heavy (non-hydrogen) atoms. The van der Waals surface area contributed by atoms with Gasteiger partial charge in [-0.3, -0.25) is 4.79 Å². The maximum absolute atomic E-state index is 10.8. The number of carbonyl (C=O) groups is 1. The number of hydrogen-bond acceptors (Lipinski definition) is 3. The second-order valence-corrected chi connectivity index (χ2v) is 3.28. The van der Waals surface area contributed by atoms with E-state index >= 15 is 0 Å². The SMILES string of the molecule is CC.[2H]CC(=O)OCc1ccc(NCCC)cc1. The molecule has 0 amide bonds. The van der Waals surface area contributed by atoms with Gasteiger partial charge in [-0.05, 0) is 24.1 Å². The molecule has 1 aromatic carbocycles. The molecule has 0 bridgehead atoms. The minimum Gasteiger partial charge on any atom is -0.461 e. The molecule has 0 heterocycles. The monoisotopic (exact) mass is 238 g/mol. The number of rotatable bonds is 5. The molecular weight excluding hydrogens is 214 g/mol. The van der Waals surface area contributed by atoms with E-state index < -0.39 is 5.97 Å². The molecule has 0 fully saturated rings. The van der Waals surface area contributed by atoms with Crippen LogP contribution in [-0.2, 0) is 16.1 Å². The predicted octanol–water partition coefficient (Wildman–Crippen LogP) is 3.60. The van der Waals surface area contributed by atoms with Crippen molar-refractivity contribution in [3.8, 4) is 0 Å². The van der Waals surface area contributed by atoms with E-state index in [4.69, 9.17) is 6.11 Å². The standard InChI is InChI=1S/C12H17NO2.C2H6/c1-3-8-13-12-6-4-11(5-7-12)9-15-10(2)14;1-2/h4-7,13H,3,8-9H2,1-2H3;1-2H3/i2D;. The summed E-state index contributed by atoms with van der Waals surface area (Å²) in [6.07, 6.45) is 1.09. The number of carbonyl (C=O) groups excluding carboxylic acids is 1. The van der Waals surface area contributed by atoms with Crippen LogP contribution in [0, 0.1) is 0 Å². The molecule has 3 nitrogen and oxygen atoms in total. The summed E-state index contributed by atoms with van der Waals surface area (Å²) in [5, 5.41) is 3.26. The second-order valence-electron chi connectivity index (χ2n) is 3.28. The summed E-state index contributed by atoms with van der Waals surface area (Å²) in [4.78, 5) is 10.8. The van der Waals surface area contributed by atoms with Gasteiger partial charge in [-0.1, -0.05) is 32.9 Å². The molecule has 0 saturated heterocycles. The van der Waals surface area contributed by atoms with Crippen molar-refractivity contribution in [2.45, 2.75) is 40.7 Å². The van der Waals surface area contributed by atoms with E-state index in [1.165, 1.54) is 0 Å². The van der Waals surface area contributed by atoms with Crippen LogP contribution in [0.15, 0.2) is 24.3 Å². The minimum absolute atomic E-state index is 0.242. The average molecular weight is 238 g/mol. The van der Waals surface area contributed by atoms with Gasteiger partial charge in [0.25, 0.3) is 0 Å². The Morgan fingerprint density at radius 2 is 2.00 bits per heavy atom. The molecule has 1 rings (SSSR count). The van der Waals surface area contributed by atoms with E-state index in [-0.39, 0.29) is 13.5 Å². The number of nitrogens with one attached hydrogen (secondary N) is 1. The van der Waals surface area contributed by atoms with E-state index in [0.717, 1.165) is 24.2 Å². The third-order valence-electron chi connectivity index (χ3n) is 1.93. The molecule has 0 atom stereocenters. The fourth-order valence-electron chi connectivity index (χ4n) is 1.15. The van der Waals surface area contributed by atoms with Crippen molar-refractivity contribution in [3.63, 3.8) is 0 Å². The van der Waals surface area contributed by atoms with E-state index in [1.807, 2.05) is 38.1 Å². The van der Waals surface area contributed by atoms with Gasteiger partial charge in [-0.15, -0.1) is 0 Å². The van der Waals surface area contributed by atoms with Gasteiger partial charge >= 0.3 is 5.97 Å². The van der Waals surface area contributed by atoms with Crippen LogP contribution in [0.5, 0.6) is 0 Å². The summed E-state index contributed by atoms with van der Waals surface area (Å²) in [6.45, 7) is 6.98. The Bertz CT molecular complexity index is 325. The minimum atomic E-state index is -0.492. The quantitative estimate of drug-likeness (QED) is 0.796. The molecule has 0 saturated carbocycles. The Balaban J connectivity index is 0.00000137. The molecule has 3 heteroatoms. The number of benzene rings is 1. The van der Waals surface area contributed by atoms with Crippen molar-refractivity contribution >= 4 is 11.7 Å². The maximum atomic E-state index is 10.8. The summed E-state index contributed by atoms with van der Waals surface area (Å²) in [5.41, 5.74) is 2.00. The van der Waals surface area contributed by atoms with Crippen LogP contribution < -0.4 is 5.32 Å². The predicted molar refractivity (Wildman–Crippen MR) is 72.0 cm³/mol. The van der Waals surface area contributed by atoms with Gasteiger partial charge in [-0.2, -0.15) is 0 Å². The molecule has 1 N–H and O–H groups in total. The van der Waals surface area contributed by atoms with E-state index in [0.29, 0.717) is 0 Å². The van der Waals surface area contributed by atoms with Crippen molar-refractivity contribution in [3.05, 3.63) is 29.8 Å². The van der Waals surface area contributed by atoms with E-state index in [1.54, 1.807) is 0 Å². The van der Waals surface area contributed by atoms with Crippen LogP contribution in [-0.4, -0.2) is 12.5 Å². The van der Waals surface area contributed by atoms with E-state index in [2.05, 4.69) is 12.2 Å². The molecule has 96 valence electrons. The summed E-state index contributed by atoms with van der Waals surface area (Å²) in [6, 6.07) is 7.74. The van der Waals surface area contributed by atoms with Gasteiger partial charge in [0.2, 0.25) is 0 Å².